The fraction of sp³-hybridized carbons (Fsp3) is 0.462. The molecule has 3 nitrogen and oxygen atoms in total. The van der Waals surface area contributed by atoms with Crippen LogP contribution in [-0.4, -0.2) is 23.8 Å². The topological polar surface area (TPSA) is 50.4 Å². The zero-order valence-corrected chi connectivity index (χ0v) is 12.8. The van der Waals surface area contributed by atoms with Gasteiger partial charge >= 0.3 is 0 Å². The molecular formula is C13H18BrN3S. The smallest absolute Gasteiger partial charge is 0.188 e. The van der Waals surface area contributed by atoms with Crippen molar-refractivity contribution in [3.8, 4) is 0 Å². The van der Waals surface area contributed by atoms with E-state index < -0.39 is 0 Å². The van der Waals surface area contributed by atoms with E-state index in [2.05, 4.69) is 57.4 Å². The number of benzene rings is 1. The molecule has 0 saturated heterocycles. The van der Waals surface area contributed by atoms with E-state index in [4.69, 9.17) is 5.73 Å². The van der Waals surface area contributed by atoms with Crippen molar-refractivity contribution in [2.45, 2.75) is 36.0 Å². The van der Waals surface area contributed by atoms with Gasteiger partial charge in [-0.25, -0.2) is 0 Å². The summed E-state index contributed by atoms with van der Waals surface area (Å²) in [6.07, 6.45) is 2.44. The van der Waals surface area contributed by atoms with E-state index in [1.807, 2.05) is 11.8 Å². The van der Waals surface area contributed by atoms with Crippen molar-refractivity contribution in [1.82, 2.24) is 5.32 Å². The minimum Gasteiger partial charge on any atom is -0.370 e. The van der Waals surface area contributed by atoms with Crippen molar-refractivity contribution in [2.75, 3.05) is 6.54 Å². The van der Waals surface area contributed by atoms with Gasteiger partial charge in [0.05, 0.1) is 6.54 Å². The second-order valence-electron chi connectivity index (χ2n) is 4.53. The SMILES string of the molecule is CC(CN=C(N)NC1CC1)Sc1ccc(Br)cc1. The molecule has 0 aliphatic heterocycles. The molecule has 1 atom stereocenters. The van der Waals surface area contributed by atoms with Crippen LogP contribution in [0.4, 0.5) is 0 Å². The first kappa shape index (κ1) is 13.7. The summed E-state index contributed by atoms with van der Waals surface area (Å²) in [5.41, 5.74) is 5.80. The number of halogens is 1. The molecule has 1 aliphatic carbocycles. The Morgan fingerprint density at radius 1 is 1.50 bits per heavy atom. The normalized spacial score (nSPS) is 17.6. The van der Waals surface area contributed by atoms with Gasteiger partial charge in [0.2, 0.25) is 0 Å². The standard InChI is InChI=1S/C13H18BrN3S/c1-9(8-16-13(15)17-11-4-5-11)18-12-6-2-10(14)3-7-12/h2-3,6-7,9,11H,4-5,8H2,1H3,(H3,15,16,17). The highest BCUT2D eigenvalue weighted by molar-refractivity contribution is 9.10. The van der Waals surface area contributed by atoms with E-state index in [0.717, 1.165) is 11.0 Å². The molecule has 0 bridgehead atoms. The van der Waals surface area contributed by atoms with Gasteiger partial charge in [-0.3, -0.25) is 4.99 Å². The zero-order chi connectivity index (χ0) is 13.0. The first-order chi connectivity index (χ1) is 8.63. The summed E-state index contributed by atoms with van der Waals surface area (Å²) in [6, 6.07) is 8.91. The molecule has 2 rings (SSSR count). The highest BCUT2D eigenvalue weighted by Crippen LogP contribution is 2.25. The van der Waals surface area contributed by atoms with Gasteiger partial charge in [-0.05, 0) is 37.1 Å². The van der Waals surface area contributed by atoms with E-state index in [0.29, 0.717) is 17.3 Å². The molecule has 0 heterocycles. The van der Waals surface area contributed by atoms with E-state index in [9.17, 15) is 0 Å². The average molecular weight is 328 g/mol. The van der Waals surface area contributed by atoms with Gasteiger partial charge in [-0.1, -0.05) is 22.9 Å². The third kappa shape index (κ3) is 4.90. The molecule has 3 N–H and O–H groups in total. The Kier molecular flexibility index (Phi) is 4.95. The van der Waals surface area contributed by atoms with Gasteiger partial charge in [-0.15, -0.1) is 11.8 Å². The van der Waals surface area contributed by atoms with Crippen LogP contribution in [0.1, 0.15) is 19.8 Å². The monoisotopic (exact) mass is 327 g/mol. The highest BCUT2D eigenvalue weighted by atomic mass is 79.9. The molecule has 1 fully saturated rings. The first-order valence-electron chi connectivity index (χ1n) is 6.12. The number of thioether (sulfide) groups is 1. The first-order valence-corrected chi connectivity index (χ1v) is 7.79. The second-order valence-corrected chi connectivity index (χ2v) is 6.95. The Balaban J connectivity index is 1.76. The lowest BCUT2D eigenvalue weighted by atomic mass is 10.4. The molecule has 98 valence electrons. The Bertz CT molecular complexity index is 415. The van der Waals surface area contributed by atoms with Crippen LogP contribution in [0.25, 0.3) is 0 Å². The average Bonchev–Trinajstić information content (AvgIpc) is 3.13. The van der Waals surface area contributed by atoms with Crippen LogP contribution >= 0.6 is 27.7 Å². The van der Waals surface area contributed by atoms with Gasteiger partial charge in [0.15, 0.2) is 5.96 Å². The van der Waals surface area contributed by atoms with Crippen LogP contribution in [0.5, 0.6) is 0 Å². The van der Waals surface area contributed by atoms with E-state index in [1.165, 1.54) is 17.7 Å². The summed E-state index contributed by atoms with van der Waals surface area (Å²) in [5.74, 6) is 0.584. The molecule has 18 heavy (non-hydrogen) atoms. The van der Waals surface area contributed by atoms with Crippen molar-refractivity contribution in [3.05, 3.63) is 28.7 Å². The number of aliphatic imine (C=N–C) groups is 1. The Hall–Kier alpha value is -0.680. The molecular weight excluding hydrogens is 310 g/mol. The maximum absolute atomic E-state index is 5.80. The van der Waals surface area contributed by atoms with Crippen LogP contribution in [0.15, 0.2) is 38.6 Å². The van der Waals surface area contributed by atoms with E-state index >= 15 is 0 Å². The van der Waals surface area contributed by atoms with Gasteiger partial charge in [-0.2, -0.15) is 0 Å². The predicted molar refractivity (Wildman–Crippen MR) is 82.1 cm³/mol. The van der Waals surface area contributed by atoms with Gasteiger partial charge < -0.3 is 11.1 Å². The highest BCUT2D eigenvalue weighted by Gasteiger charge is 2.21. The van der Waals surface area contributed by atoms with Gasteiger partial charge in [0.25, 0.3) is 0 Å². The number of hydrogen-bond donors (Lipinski definition) is 2. The molecule has 0 spiro atoms. The fourth-order valence-electron chi connectivity index (χ4n) is 1.49. The van der Waals surface area contributed by atoms with Crippen molar-refractivity contribution in [1.29, 1.82) is 0 Å². The largest absolute Gasteiger partial charge is 0.370 e. The number of guanidine groups is 1. The van der Waals surface area contributed by atoms with E-state index in [-0.39, 0.29) is 0 Å². The molecule has 5 heteroatoms. The predicted octanol–water partition coefficient (Wildman–Crippen LogP) is 3.00. The molecule has 1 unspecified atom stereocenters. The molecule has 1 aromatic rings. The second kappa shape index (κ2) is 6.48. The summed E-state index contributed by atoms with van der Waals surface area (Å²) >= 11 is 5.25. The summed E-state index contributed by atoms with van der Waals surface area (Å²) < 4.78 is 1.11. The summed E-state index contributed by atoms with van der Waals surface area (Å²) in [5, 5.41) is 3.61. The maximum atomic E-state index is 5.80. The summed E-state index contributed by atoms with van der Waals surface area (Å²) in [6.45, 7) is 2.91. The van der Waals surface area contributed by atoms with Crippen molar-refractivity contribution in [3.63, 3.8) is 0 Å². The number of nitrogens with zero attached hydrogens (tertiary/aromatic N) is 1. The summed E-state index contributed by atoms with van der Waals surface area (Å²) in [4.78, 5) is 5.63. The summed E-state index contributed by atoms with van der Waals surface area (Å²) in [7, 11) is 0. The molecule has 1 aromatic carbocycles. The van der Waals surface area contributed by atoms with Crippen molar-refractivity contribution < 1.29 is 0 Å². The van der Waals surface area contributed by atoms with Gasteiger partial charge in [0, 0.05) is 20.7 Å². The van der Waals surface area contributed by atoms with Crippen LogP contribution in [0.2, 0.25) is 0 Å². The molecule has 1 saturated carbocycles. The third-order valence-electron chi connectivity index (χ3n) is 2.60. The van der Waals surface area contributed by atoms with Gasteiger partial charge in [0.1, 0.15) is 0 Å². The third-order valence-corrected chi connectivity index (χ3v) is 4.22. The van der Waals surface area contributed by atoms with Crippen LogP contribution < -0.4 is 11.1 Å². The van der Waals surface area contributed by atoms with Crippen molar-refractivity contribution in [2.24, 2.45) is 10.7 Å². The number of nitrogens with two attached hydrogens (primary N) is 1. The van der Waals surface area contributed by atoms with Crippen LogP contribution in [0.3, 0.4) is 0 Å². The Labute approximate surface area is 121 Å². The zero-order valence-electron chi connectivity index (χ0n) is 10.4. The van der Waals surface area contributed by atoms with Crippen LogP contribution in [0, 0.1) is 0 Å². The number of rotatable bonds is 5. The molecule has 1 aliphatic rings. The lowest BCUT2D eigenvalue weighted by Crippen LogP contribution is -2.33. The number of nitrogens with one attached hydrogen (secondary N) is 1. The lowest BCUT2D eigenvalue weighted by Gasteiger charge is -2.09. The Morgan fingerprint density at radius 2 is 2.17 bits per heavy atom. The van der Waals surface area contributed by atoms with E-state index in [1.54, 1.807) is 0 Å². The fourth-order valence-corrected chi connectivity index (χ4v) is 2.66. The maximum Gasteiger partial charge on any atom is 0.188 e. The molecule has 0 amide bonds. The minimum absolute atomic E-state index is 0.422. The Morgan fingerprint density at radius 3 is 2.78 bits per heavy atom. The van der Waals surface area contributed by atoms with Crippen molar-refractivity contribution >= 4 is 33.7 Å². The molecule has 0 radical (unpaired) electrons. The minimum atomic E-state index is 0.422. The lowest BCUT2D eigenvalue weighted by molar-refractivity contribution is 0.867. The quantitative estimate of drug-likeness (QED) is 0.496. The number of hydrogen-bond acceptors (Lipinski definition) is 2. The van der Waals surface area contributed by atoms with Crippen LogP contribution in [-0.2, 0) is 0 Å². The molecule has 0 aromatic heterocycles.